The van der Waals surface area contributed by atoms with Crippen LogP contribution in [-0.2, 0) is 11.3 Å². The summed E-state index contributed by atoms with van der Waals surface area (Å²) in [6, 6.07) is 10.2. The first kappa shape index (κ1) is 17.7. The Morgan fingerprint density at radius 2 is 2.16 bits per heavy atom. The zero-order valence-corrected chi connectivity index (χ0v) is 15.1. The maximum atomic E-state index is 12.7. The van der Waals surface area contributed by atoms with Crippen LogP contribution in [0, 0.1) is 5.92 Å². The highest BCUT2D eigenvalue weighted by molar-refractivity contribution is 5.95. The van der Waals surface area contributed by atoms with Gasteiger partial charge in [-0.15, -0.1) is 0 Å². The Balaban J connectivity index is 1.71. The average Bonchev–Trinajstić information content (AvgIpc) is 3.05. The lowest BCUT2D eigenvalue weighted by Gasteiger charge is -2.22. The van der Waals surface area contributed by atoms with Crippen molar-refractivity contribution in [2.45, 2.75) is 39.2 Å². The molecule has 0 spiro atoms. The van der Waals surface area contributed by atoms with E-state index in [2.05, 4.69) is 36.4 Å². The fourth-order valence-electron chi connectivity index (χ4n) is 3.36. The van der Waals surface area contributed by atoms with Crippen LogP contribution < -0.4 is 5.32 Å². The van der Waals surface area contributed by atoms with Gasteiger partial charge in [-0.25, -0.2) is 0 Å². The van der Waals surface area contributed by atoms with Crippen LogP contribution in [0.5, 0.6) is 0 Å². The van der Waals surface area contributed by atoms with E-state index >= 15 is 0 Å². The molecule has 0 aliphatic carbocycles. The number of rotatable bonds is 6. The molecule has 0 saturated carbocycles. The van der Waals surface area contributed by atoms with Crippen molar-refractivity contribution in [2.24, 2.45) is 5.92 Å². The van der Waals surface area contributed by atoms with Crippen LogP contribution in [0.2, 0.25) is 0 Å². The first-order chi connectivity index (χ1) is 12.1. The number of benzene rings is 1. The first-order valence-corrected chi connectivity index (χ1v) is 9.10. The van der Waals surface area contributed by atoms with Gasteiger partial charge in [0.15, 0.2) is 0 Å². The van der Waals surface area contributed by atoms with Crippen LogP contribution in [0.1, 0.15) is 54.2 Å². The molecule has 3 rings (SSSR count). The first-order valence-electron chi connectivity index (χ1n) is 9.10. The van der Waals surface area contributed by atoms with E-state index in [1.54, 1.807) is 6.20 Å². The molecule has 0 unspecified atom stereocenters. The molecule has 1 N–H and O–H groups in total. The van der Waals surface area contributed by atoms with E-state index in [4.69, 9.17) is 4.74 Å². The van der Waals surface area contributed by atoms with E-state index in [-0.39, 0.29) is 11.8 Å². The van der Waals surface area contributed by atoms with Crippen molar-refractivity contribution in [2.75, 3.05) is 19.8 Å². The molecule has 134 valence electrons. The monoisotopic (exact) mass is 341 g/mol. The molecule has 0 bridgehead atoms. The molecule has 1 aliphatic heterocycles. The number of nitrogens with zero attached hydrogens (tertiary/aromatic N) is 2. The van der Waals surface area contributed by atoms with Crippen LogP contribution in [0.25, 0.3) is 0 Å². The summed E-state index contributed by atoms with van der Waals surface area (Å²) >= 11 is 0. The van der Waals surface area contributed by atoms with Gasteiger partial charge in [-0.3, -0.25) is 9.48 Å². The van der Waals surface area contributed by atoms with Crippen LogP contribution in [0.3, 0.4) is 0 Å². The van der Waals surface area contributed by atoms with Crippen molar-refractivity contribution < 1.29 is 9.53 Å². The van der Waals surface area contributed by atoms with E-state index in [0.717, 1.165) is 31.7 Å². The fraction of sp³-hybridized carbons (Fsp3) is 0.500. The SMILES string of the molecule is CC(C)c1c(C(=O)NC[C@H]2CCCOC2)cnn1Cc1ccccc1. The molecule has 2 heterocycles. The van der Waals surface area contributed by atoms with Crippen LogP contribution in [0.15, 0.2) is 36.5 Å². The second-order valence-corrected chi connectivity index (χ2v) is 7.03. The molecule has 1 saturated heterocycles. The standard InChI is InChI=1S/C20H27N3O2/c1-15(2)19-18(20(24)21-11-17-9-6-10-25-14-17)12-22-23(19)13-16-7-4-3-5-8-16/h3-5,7-8,12,15,17H,6,9-11,13-14H2,1-2H3,(H,21,24)/t17-/m1/s1. The van der Waals surface area contributed by atoms with Gasteiger partial charge in [-0.1, -0.05) is 44.2 Å². The normalized spacial score (nSPS) is 17.6. The summed E-state index contributed by atoms with van der Waals surface area (Å²) in [6.45, 7) is 7.13. The Hall–Kier alpha value is -2.14. The van der Waals surface area contributed by atoms with Gasteiger partial charge < -0.3 is 10.1 Å². The highest BCUT2D eigenvalue weighted by Gasteiger charge is 2.21. The Morgan fingerprint density at radius 3 is 2.84 bits per heavy atom. The summed E-state index contributed by atoms with van der Waals surface area (Å²) in [5, 5.41) is 7.55. The van der Waals surface area contributed by atoms with Crippen molar-refractivity contribution in [3.05, 3.63) is 53.3 Å². The van der Waals surface area contributed by atoms with Crippen LogP contribution >= 0.6 is 0 Å². The van der Waals surface area contributed by atoms with E-state index in [1.165, 1.54) is 5.56 Å². The molecular weight excluding hydrogens is 314 g/mol. The van der Waals surface area contributed by atoms with Gasteiger partial charge in [-0.2, -0.15) is 5.10 Å². The van der Waals surface area contributed by atoms with Crippen molar-refractivity contribution in [3.63, 3.8) is 0 Å². The molecule has 2 aromatic rings. The second-order valence-electron chi connectivity index (χ2n) is 7.03. The third-order valence-corrected chi connectivity index (χ3v) is 4.65. The maximum Gasteiger partial charge on any atom is 0.254 e. The third kappa shape index (κ3) is 4.48. The van der Waals surface area contributed by atoms with Crippen molar-refractivity contribution in [3.8, 4) is 0 Å². The molecule has 1 aromatic carbocycles. The average molecular weight is 341 g/mol. The smallest absolute Gasteiger partial charge is 0.254 e. The molecule has 5 nitrogen and oxygen atoms in total. The zero-order chi connectivity index (χ0) is 17.6. The molecule has 1 aromatic heterocycles. The fourth-order valence-corrected chi connectivity index (χ4v) is 3.36. The summed E-state index contributed by atoms with van der Waals surface area (Å²) in [5.41, 5.74) is 2.85. The highest BCUT2D eigenvalue weighted by atomic mass is 16.5. The van der Waals surface area contributed by atoms with E-state index in [0.29, 0.717) is 24.6 Å². The Labute approximate surface area is 149 Å². The number of carbonyl (C=O) groups is 1. The van der Waals surface area contributed by atoms with Gasteiger partial charge in [0.25, 0.3) is 5.91 Å². The predicted molar refractivity (Wildman–Crippen MR) is 97.7 cm³/mol. The van der Waals surface area contributed by atoms with Crippen molar-refractivity contribution in [1.29, 1.82) is 0 Å². The number of ether oxygens (including phenoxy) is 1. The molecular formula is C20H27N3O2. The Bertz CT molecular complexity index is 688. The molecule has 1 amide bonds. The molecule has 5 heteroatoms. The summed E-state index contributed by atoms with van der Waals surface area (Å²) in [7, 11) is 0. The topological polar surface area (TPSA) is 56.1 Å². The van der Waals surface area contributed by atoms with E-state index < -0.39 is 0 Å². The van der Waals surface area contributed by atoms with Crippen molar-refractivity contribution >= 4 is 5.91 Å². The molecule has 25 heavy (non-hydrogen) atoms. The summed E-state index contributed by atoms with van der Waals surface area (Å²) in [6.07, 6.45) is 3.89. The number of aromatic nitrogens is 2. The van der Waals surface area contributed by atoms with Gasteiger partial charge in [0, 0.05) is 13.2 Å². The van der Waals surface area contributed by atoms with Gasteiger partial charge in [0.2, 0.25) is 0 Å². The second kappa shape index (κ2) is 8.30. The molecule has 1 atom stereocenters. The quantitative estimate of drug-likeness (QED) is 0.878. The Kier molecular flexibility index (Phi) is 5.87. The summed E-state index contributed by atoms with van der Waals surface area (Å²) in [4.78, 5) is 12.7. The lowest BCUT2D eigenvalue weighted by Crippen LogP contribution is -2.33. The largest absolute Gasteiger partial charge is 0.381 e. The Morgan fingerprint density at radius 1 is 1.36 bits per heavy atom. The minimum absolute atomic E-state index is 0.0337. The third-order valence-electron chi connectivity index (χ3n) is 4.65. The maximum absolute atomic E-state index is 12.7. The van der Waals surface area contributed by atoms with E-state index in [1.807, 2.05) is 22.9 Å². The summed E-state index contributed by atoms with van der Waals surface area (Å²) in [5.74, 6) is 0.609. The zero-order valence-electron chi connectivity index (χ0n) is 15.1. The van der Waals surface area contributed by atoms with Gasteiger partial charge in [-0.05, 0) is 30.2 Å². The number of hydrogen-bond acceptors (Lipinski definition) is 3. The molecule has 1 aliphatic rings. The van der Waals surface area contributed by atoms with Crippen LogP contribution in [0.4, 0.5) is 0 Å². The van der Waals surface area contributed by atoms with Crippen molar-refractivity contribution in [1.82, 2.24) is 15.1 Å². The molecule has 1 fully saturated rings. The number of hydrogen-bond donors (Lipinski definition) is 1. The summed E-state index contributed by atoms with van der Waals surface area (Å²) < 4.78 is 7.43. The van der Waals surface area contributed by atoms with Gasteiger partial charge >= 0.3 is 0 Å². The van der Waals surface area contributed by atoms with Gasteiger partial charge in [0.1, 0.15) is 0 Å². The molecule has 0 radical (unpaired) electrons. The lowest BCUT2D eigenvalue weighted by molar-refractivity contribution is 0.0536. The number of nitrogens with one attached hydrogen (secondary N) is 1. The minimum Gasteiger partial charge on any atom is -0.381 e. The predicted octanol–water partition coefficient (Wildman–Crippen LogP) is 3.21. The minimum atomic E-state index is -0.0337. The number of amides is 1. The van der Waals surface area contributed by atoms with Crippen LogP contribution in [-0.4, -0.2) is 35.4 Å². The van der Waals surface area contributed by atoms with Gasteiger partial charge in [0.05, 0.1) is 30.6 Å². The highest BCUT2D eigenvalue weighted by Crippen LogP contribution is 2.21. The number of carbonyl (C=O) groups excluding carboxylic acids is 1. The lowest BCUT2D eigenvalue weighted by atomic mass is 10.0. The van der Waals surface area contributed by atoms with E-state index in [9.17, 15) is 4.79 Å².